The fourth-order valence-electron chi connectivity index (χ4n) is 1.82. The molecule has 0 aliphatic carbocycles. The molecule has 2 heterocycles. The lowest BCUT2D eigenvalue weighted by molar-refractivity contribution is -0.164. The maximum Gasteiger partial charge on any atom is 0.308 e. The van der Waals surface area contributed by atoms with E-state index >= 15 is 0 Å². The number of hydrogen-bond donors (Lipinski definition) is 2. The molecule has 0 aromatic carbocycles. The Morgan fingerprint density at radius 3 is 2.73 bits per heavy atom. The highest BCUT2D eigenvalue weighted by Gasteiger charge is 2.52. The Morgan fingerprint density at radius 2 is 2.36 bits per heavy atom. The zero-order valence-corrected chi connectivity index (χ0v) is 6.17. The topological polar surface area (TPSA) is 58.6 Å². The van der Waals surface area contributed by atoms with Crippen molar-refractivity contribution in [3.63, 3.8) is 0 Å². The van der Waals surface area contributed by atoms with Gasteiger partial charge in [-0.2, -0.15) is 0 Å². The summed E-state index contributed by atoms with van der Waals surface area (Å²) in [5.41, 5.74) is -0.0775. The monoisotopic (exact) mass is 157 g/mol. The van der Waals surface area contributed by atoms with Gasteiger partial charge in [0.05, 0.1) is 19.1 Å². The third kappa shape index (κ3) is 0.862. The Morgan fingerprint density at radius 1 is 1.64 bits per heavy atom. The second-order valence-electron chi connectivity index (χ2n) is 3.38. The van der Waals surface area contributed by atoms with Gasteiger partial charge < -0.3 is 15.2 Å². The van der Waals surface area contributed by atoms with E-state index in [0.29, 0.717) is 19.8 Å². The molecule has 2 N–H and O–H groups in total. The Hall–Kier alpha value is -0.610. The lowest BCUT2D eigenvalue weighted by Gasteiger charge is -2.40. The molecule has 0 radical (unpaired) electrons. The van der Waals surface area contributed by atoms with Crippen molar-refractivity contribution >= 4 is 5.97 Å². The number of hydrogen-bond acceptors (Lipinski definition) is 3. The molecule has 2 fully saturated rings. The van der Waals surface area contributed by atoms with Gasteiger partial charge in [0.25, 0.3) is 0 Å². The van der Waals surface area contributed by atoms with Gasteiger partial charge in [0.15, 0.2) is 0 Å². The van der Waals surface area contributed by atoms with E-state index in [9.17, 15) is 4.79 Å². The molecule has 2 rings (SSSR count). The van der Waals surface area contributed by atoms with Crippen LogP contribution in [0.15, 0.2) is 0 Å². The highest BCUT2D eigenvalue weighted by molar-refractivity contribution is 5.72. The van der Waals surface area contributed by atoms with Crippen LogP contribution in [0.3, 0.4) is 0 Å². The molecule has 62 valence electrons. The van der Waals surface area contributed by atoms with Crippen LogP contribution in [0.2, 0.25) is 0 Å². The van der Waals surface area contributed by atoms with Crippen LogP contribution in [0.5, 0.6) is 0 Å². The number of nitrogens with one attached hydrogen (secondary N) is 1. The molecule has 4 nitrogen and oxygen atoms in total. The van der Waals surface area contributed by atoms with E-state index in [1.165, 1.54) is 0 Å². The molecule has 1 spiro atoms. The summed E-state index contributed by atoms with van der Waals surface area (Å²) in [5.74, 6) is -0.936. The summed E-state index contributed by atoms with van der Waals surface area (Å²) in [6.45, 7) is 2.61. The van der Waals surface area contributed by atoms with E-state index in [1.54, 1.807) is 0 Å². The minimum atomic E-state index is -0.696. The van der Waals surface area contributed by atoms with Crippen molar-refractivity contribution in [1.82, 2.24) is 5.32 Å². The SMILES string of the molecule is O=C(O)C1CNCC12COC2. The standard InChI is InChI=1S/C7H11NO3/c9-6(10)5-1-8-2-7(5)3-11-4-7/h5,8H,1-4H2,(H,9,10). The normalized spacial score (nSPS) is 33.6. The van der Waals surface area contributed by atoms with Crippen LogP contribution in [-0.2, 0) is 9.53 Å². The van der Waals surface area contributed by atoms with E-state index in [-0.39, 0.29) is 11.3 Å². The smallest absolute Gasteiger partial charge is 0.308 e. The fourth-order valence-corrected chi connectivity index (χ4v) is 1.82. The lowest BCUT2D eigenvalue weighted by Crippen LogP contribution is -2.50. The predicted molar refractivity (Wildman–Crippen MR) is 37.2 cm³/mol. The molecule has 4 heteroatoms. The van der Waals surface area contributed by atoms with Crippen LogP contribution in [0.25, 0.3) is 0 Å². The Labute approximate surface area is 64.5 Å². The zero-order valence-electron chi connectivity index (χ0n) is 6.17. The molecule has 1 unspecified atom stereocenters. The van der Waals surface area contributed by atoms with E-state index in [1.807, 2.05) is 0 Å². The number of carboxylic acid groups (broad SMARTS) is 1. The molecular weight excluding hydrogens is 146 g/mol. The van der Waals surface area contributed by atoms with Crippen molar-refractivity contribution in [2.24, 2.45) is 11.3 Å². The third-order valence-electron chi connectivity index (χ3n) is 2.64. The van der Waals surface area contributed by atoms with Gasteiger partial charge in [0, 0.05) is 18.5 Å². The van der Waals surface area contributed by atoms with Gasteiger partial charge in [-0.05, 0) is 0 Å². The summed E-state index contributed by atoms with van der Waals surface area (Å²) in [6.07, 6.45) is 0. The van der Waals surface area contributed by atoms with E-state index in [2.05, 4.69) is 5.32 Å². The Bertz CT molecular complexity index is 188. The van der Waals surface area contributed by atoms with Gasteiger partial charge in [-0.15, -0.1) is 0 Å². The summed E-state index contributed by atoms with van der Waals surface area (Å²) in [7, 11) is 0. The van der Waals surface area contributed by atoms with Crippen molar-refractivity contribution in [1.29, 1.82) is 0 Å². The second kappa shape index (κ2) is 2.19. The molecule has 0 amide bonds. The molecule has 2 aliphatic rings. The Kier molecular flexibility index (Phi) is 1.40. The first-order valence-electron chi connectivity index (χ1n) is 3.76. The summed E-state index contributed by atoms with van der Waals surface area (Å²) in [6, 6.07) is 0. The number of aliphatic carboxylic acids is 1. The number of rotatable bonds is 1. The average Bonchev–Trinajstić information content (AvgIpc) is 2.27. The van der Waals surface area contributed by atoms with Crippen LogP contribution < -0.4 is 5.32 Å². The first kappa shape index (κ1) is 7.06. The average molecular weight is 157 g/mol. The lowest BCUT2D eigenvalue weighted by atomic mass is 9.76. The van der Waals surface area contributed by atoms with E-state index in [0.717, 1.165) is 6.54 Å². The van der Waals surface area contributed by atoms with Crippen LogP contribution in [0.1, 0.15) is 0 Å². The molecule has 0 aromatic rings. The molecule has 2 saturated heterocycles. The third-order valence-corrected chi connectivity index (χ3v) is 2.64. The van der Waals surface area contributed by atoms with E-state index in [4.69, 9.17) is 9.84 Å². The summed E-state index contributed by atoms with van der Waals surface area (Å²) >= 11 is 0. The van der Waals surface area contributed by atoms with Gasteiger partial charge in [0.1, 0.15) is 0 Å². The minimum Gasteiger partial charge on any atom is -0.481 e. The highest BCUT2D eigenvalue weighted by Crippen LogP contribution is 2.38. The summed E-state index contributed by atoms with van der Waals surface area (Å²) in [4.78, 5) is 10.7. The maximum atomic E-state index is 10.7. The highest BCUT2D eigenvalue weighted by atomic mass is 16.5. The van der Waals surface area contributed by atoms with Crippen LogP contribution >= 0.6 is 0 Å². The first-order valence-corrected chi connectivity index (χ1v) is 3.76. The van der Waals surface area contributed by atoms with Crippen molar-refractivity contribution < 1.29 is 14.6 Å². The van der Waals surface area contributed by atoms with Crippen LogP contribution in [-0.4, -0.2) is 37.4 Å². The van der Waals surface area contributed by atoms with Crippen molar-refractivity contribution in [2.45, 2.75) is 0 Å². The quantitative estimate of drug-likeness (QED) is 0.529. The molecule has 11 heavy (non-hydrogen) atoms. The molecule has 0 saturated carbocycles. The minimum absolute atomic E-state index is 0.0775. The largest absolute Gasteiger partial charge is 0.481 e. The molecule has 1 atom stereocenters. The fraction of sp³-hybridized carbons (Fsp3) is 0.857. The number of ether oxygens (including phenoxy) is 1. The van der Waals surface area contributed by atoms with Crippen LogP contribution in [0.4, 0.5) is 0 Å². The zero-order chi connectivity index (χ0) is 7.90. The van der Waals surface area contributed by atoms with Gasteiger partial charge in [0.2, 0.25) is 0 Å². The van der Waals surface area contributed by atoms with Gasteiger partial charge >= 0.3 is 5.97 Å². The van der Waals surface area contributed by atoms with Gasteiger partial charge in [-0.1, -0.05) is 0 Å². The van der Waals surface area contributed by atoms with Crippen molar-refractivity contribution in [3.8, 4) is 0 Å². The number of carbonyl (C=O) groups is 1. The molecular formula is C7H11NO3. The second-order valence-corrected chi connectivity index (χ2v) is 3.38. The maximum absolute atomic E-state index is 10.7. The van der Waals surface area contributed by atoms with Gasteiger partial charge in [-0.25, -0.2) is 0 Å². The Balaban J connectivity index is 2.13. The van der Waals surface area contributed by atoms with E-state index < -0.39 is 5.97 Å². The number of carboxylic acids is 1. The molecule has 0 bridgehead atoms. The van der Waals surface area contributed by atoms with Gasteiger partial charge in [-0.3, -0.25) is 4.79 Å². The van der Waals surface area contributed by atoms with Crippen molar-refractivity contribution in [3.05, 3.63) is 0 Å². The molecule has 2 aliphatic heterocycles. The van der Waals surface area contributed by atoms with Crippen LogP contribution in [0, 0.1) is 11.3 Å². The first-order chi connectivity index (χ1) is 5.25. The summed E-state index contributed by atoms with van der Waals surface area (Å²) in [5, 5.41) is 11.9. The summed E-state index contributed by atoms with van der Waals surface area (Å²) < 4.78 is 5.04. The predicted octanol–water partition coefficient (Wildman–Crippen LogP) is -0.693. The molecule has 0 aromatic heterocycles. The van der Waals surface area contributed by atoms with Crippen molar-refractivity contribution in [2.75, 3.05) is 26.3 Å².